The van der Waals surface area contributed by atoms with Crippen LogP contribution in [0.3, 0.4) is 0 Å². The minimum atomic E-state index is -4.24. The molecule has 9 heteroatoms. The van der Waals surface area contributed by atoms with Crippen LogP contribution in [0.2, 0.25) is 0 Å². The molecule has 0 aliphatic carbocycles. The maximum atomic E-state index is 12.6. The van der Waals surface area contributed by atoms with Crippen molar-refractivity contribution in [1.82, 2.24) is 0 Å². The van der Waals surface area contributed by atoms with Crippen LogP contribution >= 0.6 is 7.82 Å². The fraction of sp³-hybridized carbons (Fsp3) is 0.968. The Bertz CT molecular complexity index is 714. The largest absolute Gasteiger partial charge is 0.472 e. The Kier molecular flexibility index (Phi) is 18.2. The summed E-state index contributed by atoms with van der Waals surface area (Å²) in [6, 6.07) is 0. The average molecular weight is 591 g/mol. The summed E-state index contributed by atoms with van der Waals surface area (Å²) >= 11 is 0. The zero-order valence-electron chi connectivity index (χ0n) is 26.0. The molecule has 3 unspecified atom stereocenters. The van der Waals surface area contributed by atoms with Gasteiger partial charge in [-0.05, 0) is 12.3 Å². The molecule has 40 heavy (non-hydrogen) atoms. The molecule has 0 aromatic rings. The van der Waals surface area contributed by atoms with E-state index < -0.39 is 13.9 Å². The highest BCUT2D eigenvalue weighted by atomic mass is 31.2. The molecule has 236 valence electrons. The predicted octanol–water partition coefficient (Wildman–Crippen LogP) is 7.43. The smallest absolute Gasteiger partial charge is 0.457 e. The van der Waals surface area contributed by atoms with Crippen molar-refractivity contribution in [2.45, 2.75) is 129 Å². The Labute approximate surface area is 245 Å². The summed E-state index contributed by atoms with van der Waals surface area (Å²) in [5, 5.41) is 0. The topological polar surface area (TPSA) is 91.3 Å². The number of phosphoric ester groups is 1. The van der Waals surface area contributed by atoms with E-state index in [4.69, 9.17) is 18.5 Å². The molecule has 0 spiro atoms. The molecule has 0 radical (unpaired) electrons. The third-order valence-electron chi connectivity index (χ3n) is 8.83. The summed E-state index contributed by atoms with van der Waals surface area (Å²) in [4.78, 5) is 22.1. The minimum absolute atomic E-state index is 0.144. The van der Waals surface area contributed by atoms with Crippen LogP contribution in [0.5, 0.6) is 0 Å². The van der Waals surface area contributed by atoms with Gasteiger partial charge >= 0.3 is 13.8 Å². The van der Waals surface area contributed by atoms with Crippen LogP contribution in [0.15, 0.2) is 0 Å². The van der Waals surface area contributed by atoms with Crippen LogP contribution in [-0.2, 0) is 27.9 Å². The summed E-state index contributed by atoms with van der Waals surface area (Å²) in [6.07, 6.45) is 20.0. The van der Waals surface area contributed by atoms with Crippen molar-refractivity contribution in [2.24, 2.45) is 11.8 Å². The van der Waals surface area contributed by atoms with Gasteiger partial charge in [-0.2, -0.15) is 0 Å². The predicted molar refractivity (Wildman–Crippen MR) is 160 cm³/mol. The lowest BCUT2D eigenvalue weighted by Crippen LogP contribution is -2.60. The van der Waals surface area contributed by atoms with Crippen LogP contribution < -0.4 is 0 Å². The molecule has 3 atom stereocenters. The van der Waals surface area contributed by atoms with Crippen LogP contribution in [0.4, 0.5) is 0 Å². The monoisotopic (exact) mass is 590 g/mol. The number of quaternary nitrogens is 1. The molecule has 8 nitrogen and oxygen atoms in total. The van der Waals surface area contributed by atoms with Crippen molar-refractivity contribution in [3.05, 3.63) is 0 Å². The molecule has 3 saturated heterocycles. The first-order chi connectivity index (χ1) is 19.3. The van der Waals surface area contributed by atoms with Gasteiger partial charge in [0.05, 0.1) is 46.5 Å². The molecule has 1 N–H and O–H groups in total. The number of phosphoric acid groups is 1. The van der Waals surface area contributed by atoms with E-state index in [1.807, 2.05) is 0 Å². The van der Waals surface area contributed by atoms with E-state index in [1.54, 1.807) is 6.92 Å². The molecule has 3 heterocycles. The van der Waals surface area contributed by atoms with Crippen molar-refractivity contribution in [2.75, 3.05) is 53.1 Å². The zero-order valence-corrected chi connectivity index (χ0v) is 26.9. The number of piperidine rings is 3. The SMILES string of the molecule is CCCCCCCCCCCCCCCCOCC(COP(=O)(O)OCC1C[N+]2(C)CCC1CC2)OC(=O)CC. The van der Waals surface area contributed by atoms with Crippen molar-refractivity contribution in [1.29, 1.82) is 0 Å². The maximum absolute atomic E-state index is 12.6. The van der Waals surface area contributed by atoms with Crippen molar-refractivity contribution < 1.29 is 37.3 Å². The van der Waals surface area contributed by atoms with Gasteiger partial charge in [0, 0.05) is 31.8 Å². The van der Waals surface area contributed by atoms with E-state index >= 15 is 0 Å². The van der Waals surface area contributed by atoms with E-state index in [0.29, 0.717) is 12.5 Å². The first-order valence-corrected chi connectivity index (χ1v) is 18.0. The van der Waals surface area contributed by atoms with Crippen LogP contribution in [0.25, 0.3) is 0 Å². The normalized spacial score (nSPS) is 24.6. The van der Waals surface area contributed by atoms with Gasteiger partial charge in [0.1, 0.15) is 6.10 Å². The molecule has 3 aliphatic rings. The van der Waals surface area contributed by atoms with Gasteiger partial charge in [0.2, 0.25) is 0 Å². The number of rotatable bonds is 25. The van der Waals surface area contributed by atoms with Gasteiger partial charge in [-0.15, -0.1) is 0 Å². The highest BCUT2D eigenvalue weighted by Gasteiger charge is 2.44. The molecule has 3 rings (SSSR count). The standard InChI is InChI=1S/C31H60NO7P/c1-4-6-7-8-9-10-11-12-13-14-15-16-17-18-23-36-26-30(39-31(33)5-2)27-38-40(34,35)37-25-29-24-32(3)21-19-28(29)20-22-32/h28-30H,4-27H2,1-3H3/p+1. The Hall–Kier alpha value is -0.500. The van der Waals surface area contributed by atoms with Crippen LogP contribution in [0, 0.1) is 11.8 Å². The second-order valence-electron chi connectivity index (χ2n) is 12.5. The van der Waals surface area contributed by atoms with Gasteiger partial charge in [-0.1, -0.05) is 97.3 Å². The Morgan fingerprint density at radius 2 is 1.40 bits per heavy atom. The van der Waals surface area contributed by atoms with E-state index in [-0.39, 0.29) is 38.1 Å². The summed E-state index contributed by atoms with van der Waals surface area (Å²) in [5.41, 5.74) is 0. The number of nitrogens with zero attached hydrogens (tertiary/aromatic N) is 1. The van der Waals surface area contributed by atoms with E-state index in [9.17, 15) is 14.3 Å². The number of fused-ring (bicyclic) bond motifs is 3. The van der Waals surface area contributed by atoms with Crippen LogP contribution in [0.1, 0.15) is 123 Å². The molecular formula is C31H61NO7P+. The molecule has 0 saturated carbocycles. The maximum Gasteiger partial charge on any atom is 0.472 e. The Balaban J connectivity index is 1.52. The fourth-order valence-electron chi connectivity index (χ4n) is 6.17. The van der Waals surface area contributed by atoms with Gasteiger partial charge in [0.15, 0.2) is 0 Å². The molecule has 3 fully saturated rings. The van der Waals surface area contributed by atoms with Gasteiger partial charge in [-0.25, -0.2) is 4.57 Å². The van der Waals surface area contributed by atoms with E-state index in [1.165, 1.54) is 90.1 Å². The third kappa shape index (κ3) is 15.7. The van der Waals surface area contributed by atoms with Gasteiger partial charge < -0.3 is 18.9 Å². The van der Waals surface area contributed by atoms with Crippen molar-refractivity contribution in [3.63, 3.8) is 0 Å². The first-order valence-electron chi connectivity index (χ1n) is 16.5. The number of carbonyl (C=O) groups is 1. The lowest BCUT2D eigenvalue weighted by Gasteiger charge is -2.50. The quantitative estimate of drug-likeness (QED) is 0.0512. The van der Waals surface area contributed by atoms with E-state index in [0.717, 1.165) is 36.7 Å². The lowest BCUT2D eigenvalue weighted by atomic mass is 9.78. The van der Waals surface area contributed by atoms with Crippen LogP contribution in [-0.4, -0.2) is 74.6 Å². The number of unbranched alkanes of at least 4 members (excludes halogenated alkanes) is 13. The average Bonchev–Trinajstić information content (AvgIpc) is 2.94. The Morgan fingerprint density at radius 1 is 0.850 bits per heavy atom. The van der Waals surface area contributed by atoms with Crippen molar-refractivity contribution in [3.8, 4) is 0 Å². The van der Waals surface area contributed by atoms with Crippen molar-refractivity contribution >= 4 is 13.8 Å². The lowest BCUT2D eigenvalue weighted by molar-refractivity contribution is -0.929. The zero-order chi connectivity index (χ0) is 29.1. The molecule has 0 aromatic carbocycles. The number of hydrogen-bond acceptors (Lipinski definition) is 6. The Morgan fingerprint density at radius 3 is 1.93 bits per heavy atom. The molecule has 2 bridgehead atoms. The third-order valence-corrected chi connectivity index (χ3v) is 9.78. The number of esters is 1. The molecular weight excluding hydrogens is 529 g/mol. The second kappa shape index (κ2) is 20.4. The highest BCUT2D eigenvalue weighted by Crippen LogP contribution is 2.46. The van der Waals surface area contributed by atoms with Gasteiger partial charge in [-0.3, -0.25) is 13.8 Å². The number of ether oxygens (including phenoxy) is 2. The van der Waals surface area contributed by atoms with Gasteiger partial charge in [0.25, 0.3) is 0 Å². The minimum Gasteiger partial charge on any atom is -0.457 e. The number of hydrogen-bond donors (Lipinski definition) is 1. The molecule has 0 amide bonds. The summed E-state index contributed by atoms with van der Waals surface area (Å²) in [6.45, 7) is 8.04. The summed E-state index contributed by atoms with van der Waals surface area (Å²) in [5.74, 6) is 0.451. The number of carbonyl (C=O) groups excluding carboxylic acids is 1. The summed E-state index contributed by atoms with van der Waals surface area (Å²) in [7, 11) is -1.99. The van der Waals surface area contributed by atoms with E-state index in [2.05, 4.69) is 14.0 Å². The second-order valence-corrected chi connectivity index (χ2v) is 14.0. The fourth-order valence-corrected chi connectivity index (χ4v) is 6.98. The first kappa shape index (κ1) is 35.7. The molecule has 3 aliphatic heterocycles. The molecule has 0 aromatic heterocycles. The summed E-state index contributed by atoms with van der Waals surface area (Å²) < 4.78 is 35.3. The highest BCUT2D eigenvalue weighted by molar-refractivity contribution is 7.47.